The lowest BCUT2D eigenvalue weighted by atomic mass is 9.84. The number of rotatable bonds is 4. The zero-order valence-corrected chi connectivity index (χ0v) is 9.59. The largest absolute Gasteiger partial charge is 0.393 e. The Morgan fingerprint density at radius 3 is 2.50 bits per heavy atom. The number of sulfone groups is 1. The van der Waals surface area contributed by atoms with Gasteiger partial charge < -0.3 is 5.11 Å². The number of hydrogen-bond donors (Lipinski definition) is 1. The van der Waals surface area contributed by atoms with E-state index in [-0.39, 0.29) is 11.9 Å². The molecule has 14 heavy (non-hydrogen) atoms. The van der Waals surface area contributed by atoms with Gasteiger partial charge in [-0.3, -0.25) is 0 Å². The van der Waals surface area contributed by atoms with E-state index in [1.54, 1.807) is 0 Å². The number of aliphatic hydroxyl groups excluding tert-OH is 1. The van der Waals surface area contributed by atoms with Gasteiger partial charge in [-0.1, -0.05) is 12.8 Å². The lowest BCUT2D eigenvalue weighted by Gasteiger charge is -2.27. The van der Waals surface area contributed by atoms with E-state index in [0.717, 1.165) is 25.7 Å². The first-order valence-electron chi connectivity index (χ1n) is 5.35. The summed E-state index contributed by atoms with van der Waals surface area (Å²) in [4.78, 5) is 0. The molecule has 2 unspecified atom stereocenters. The topological polar surface area (TPSA) is 54.4 Å². The highest BCUT2D eigenvalue weighted by atomic mass is 32.2. The second-order valence-corrected chi connectivity index (χ2v) is 6.64. The molecule has 0 aromatic rings. The molecule has 0 aliphatic heterocycles. The van der Waals surface area contributed by atoms with Gasteiger partial charge in [-0.25, -0.2) is 8.42 Å². The van der Waals surface area contributed by atoms with Crippen LogP contribution < -0.4 is 0 Å². The van der Waals surface area contributed by atoms with Crippen LogP contribution in [0.3, 0.4) is 0 Å². The minimum atomic E-state index is -2.82. The normalized spacial score (nSPS) is 29.0. The zero-order valence-electron chi connectivity index (χ0n) is 8.78. The molecule has 0 heterocycles. The van der Waals surface area contributed by atoms with E-state index in [4.69, 9.17) is 0 Å². The van der Waals surface area contributed by atoms with Crippen molar-refractivity contribution in [3.05, 3.63) is 0 Å². The summed E-state index contributed by atoms with van der Waals surface area (Å²) in [6, 6.07) is 0. The lowest BCUT2D eigenvalue weighted by molar-refractivity contribution is 0.0651. The Bertz CT molecular complexity index is 259. The summed E-state index contributed by atoms with van der Waals surface area (Å²) in [5.74, 6) is 0.599. The molecule has 1 aliphatic carbocycles. The van der Waals surface area contributed by atoms with Crippen LogP contribution in [-0.4, -0.2) is 31.6 Å². The molecule has 3 nitrogen and oxygen atoms in total. The van der Waals surface area contributed by atoms with E-state index in [9.17, 15) is 13.5 Å². The molecular weight excluding hydrogens is 200 g/mol. The van der Waals surface area contributed by atoms with Gasteiger partial charge in [-0.05, 0) is 31.6 Å². The van der Waals surface area contributed by atoms with Crippen molar-refractivity contribution in [3.8, 4) is 0 Å². The fraction of sp³-hybridized carbons (Fsp3) is 1.00. The Hall–Kier alpha value is -0.0900. The average molecular weight is 220 g/mol. The van der Waals surface area contributed by atoms with Crippen LogP contribution in [0, 0.1) is 5.92 Å². The van der Waals surface area contributed by atoms with E-state index < -0.39 is 9.84 Å². The van der Waals surface area contributed by atoms with Crippen LogP contribution in [0.15, 0.2) is 0 Å². The van der Waals surface area contributed by atoms with Crippen LogP contribution in [0.5, 0.6) is 0 Å². The Labute approximate surface area is 86.4 Å². The quantitative estimate of drug-likeness (QED) is 0.778. The molecule has 1 rings (SSSR count). The first-order chi connectivity index (χ1) is 6.49. The van der Waals surface area contributed by atoms with E-state index in [0.29, 0.717) is 12.3 Å². The zero-order chi connectivity index (χ0) is 10.6. The van der Waals surface area contributed by atoms with E-state index in [1.165, 1.54) is 12.7 Å². The van der Waals surface area contributed by atoms with Crippen molar-refractivity contribution in [1.82, 2.24) is 0 Å². The van der Waals surface area contributed by atoms with Crippen LogP contribution in [0.4, 0.5) is 0 Å². The van der Waals surface area contributed by atoms with Crippen LogP contribution in [0.2, 0.25) is 0 Å². The maximum Gasteiger partial charge on any atom is 0.147 e. The summed E-state index contributed by atoms with van der Waals surface area (Å²) >= 11 is 0. The summed E-state index contributed by atoms with van der Waals surface area (Å²) in [7, 11) is -2.82. The molecule has 0 bridgehead atoms. The van der Waals surface area contributed by atoms with Crippen molar-refractivity contribution < 1.29 is 13.5 Å². The third kappa shape index (κ3) is 4.42. The smallest absolute Gasteiger partial charge is 0.147 e. The van der Waals surface area contributed by atoms with Gasteiger partial charge >= 0.3 is 0 Å². The van der Waals surface area contributed by atoms with Crippen LogP contribution >= 0.6 is 0 Å². The van der Waals surface area contributed by atoms with Gasteiger partial charge in [0.15, 0.2) is 0 Å². The van der Waals surface area contributed by atoms with E-state index >= 15 is 0 Å². The Kier molecular flexibility index (Phi) is 4.38. The minimum Gasteiger partial charge on any atom is -0.393 e. The molecule has 0 aromatic carbocycles. The predicted octanol–water partition coefficient (Wildman–Crippen LogP) is 1.36. The molecule has 84 valence electrons. The third-order valence-corrected chi connectivity index (χ3v) is 3.99. The van der Waals surface area contributed by atoms with Gasteiger partial charge in [0.25, 0.3) is 0 Å². The molecule has 0 spiro atoms. The van der Waals surface area contributed by atoms with Gasteiger partial charge in [0.1, 0.15) is 9.84 Å². The Balaban J connectivity index is 2.23. The molecule has 1 saturated carbocycles. The summed E-state index contributed by atoms with van der Waals surface area (Å²) in [6.07, 6.45) is 6.88. The van der Waals surface area contributed by atoms with Gasteiger partial charge in [-0.2, -0.15) is 0 Å². The molecule has 0 radical (unpaired) electrons. The van der Waals surface area contributed by atoms with Gasteiger partial charge in [0.05, 0.1) is 6.10 Å². The van der Waals surface area contributed by atoms with Crippen molar-refractivity contribution in [2.24, 2.45) is 5.92 Å². The first kappa shape index (κ1) is 12.0. The predicted molar refractivity (Wildman–Crippen MR) is 56.9 cm³/mol. The molecule has 0 amide bonds. The molecule has 0 saturated heterocycles. The maximum absolute atomic E-state index is 10.9. The summed E-state index contributed by atoms with van der Waals surface area (Å²) in [5, 5.41) is 9.65. The Morgan fingerprint density at radius 1 is 1.29 bits per heavy atom. The molecule has 0 aromatic heterocycles. The van der Waals surface area contributed by atoms with Gasteiger partial charge in [0.2, 0.25) is 0 Å². The van der Waals surface area contributed by atoms with E-state index in [2.05, 4.69) is 0 Å². The highest BCUT2D eigenvalue weighted by molar-refractivity contribution is 7.90. The molecule has 1 fully saturated rings. The van der Waals surface area contributed by atoms with Crippen molar-refractivity contribution in [2.75, 3.05) is 12.0 Å². The summed E-state index contributed by atoms with van der Waals surface area (Å²) < 4.78 is 21.8. The van der Waals surface area contributed by atoms with E-state index in [1.807, 2.05) is 0 Å². The van der Waals surface area contributed by atoms with Crippen molar-refractivity contribution >= 4 is 9.84 Å². The minimum absolute atomic E-state index is 0.191. The maximum atomic E-state index is 10.9. The molecule has 1 aliphatic rings. The van der Waals surface area contributed by atoms with Crippen molar-refractivity contribution in [3.63, 3.8) is 0 Å². The molecule has 1 N–H and O–H groups in total. The second-order valence-electron chi connectivity index (χ2n) is 4.38. The average Bonchev–Trinajstić information content (AvgIpc) is 2.06. The fourth-order valence-electron chi connectivity index (χ4n) is 2.13. The van der Waals surface area contributed by atoms with Crippen LogP contribution in [-0.2, 0) is 9.84 Å². The van der Waals surface area contributed by atoms with Crippen LogP contribution in [0.25, 0.3) is 0 Å². The number of aliphatic hydroxyl groups is 1. The van der Waals surface area contributed by atoms with Crippen molar-refractivity contribution in [2.45, 2.75) is 44.6 Å². The van der Waals surface area contributed by atoms with Gasteiger partial charge in [-0.15, -0.1) is 0 Å². The Morgan fingerprint density at radius 2 is 1.93 bits per heavy atom. The highest BCUT2D eigenvalue weighted by Gasteiger charge is 2.22. The molecule has 2 atom stereocenters. The van der Waals surface area contributed by atoms with Gasteiger partial charge in [0, 0.05) is 12.0 Å². The fourth-order valence-corrected chi connectivity index (χ4v) is 2.82. The molecular formula is C10H20O3S. The first-order valence-corrected chi connectivity index (χ1v) is 7.41. The highest BCUT2D eigenvalue weighted by Crippen LogP contribution is 2.27. The summed E-state index contributed by atoms with van der Waals surface area (Å²) in [5.41, 5.74) is 0. The standard InChI is InChI=1S/C10H20O3S/c1-14(12,13)8-4-6-9-5-2-3-7-10(9)11/h9-11H,2-8H2,1H3. The van der Waals surface area contributed by atoms with Crippen LogP contribution in [0.1, 0.15) is 38.5 Å². The lowest BCUT2D eigenvalue weighted by Crippen LogP contribution is -2.24. The monoisotopic (exact) mass is 220 g/mol. The van der Waals surface area contributed by atoms with Crippen molar-refractivity contribution in [1.29, 1.82) is 0 Å². The summed E-state index contributed by atoms with van der Waals surface area (Å²) in [6.45, 7) is 0. The SMILES string of the molecule is CS(=O)(=O)CCCC1CCCCC1O. The molecule has 4 heteroatoms. The second kappa shape index (κ2) is 5.12. The third-order valence-electron chi connectivity index (χ3n) is 2.96. The number of hydrogen-bond acceptors (Lipinski definition) is 3.